The Kier molecular flexibility index (Phi) is 5.09. The van der Waals surface area contributed by atoms with E-state index in [1.54, 1.807) is 0 Å². The number of anilines is 1. The van der Waals surface area contributed by atoms with Gasteiger partial charge in [-0.05, 0) is 68.4 Å². The maximum atomic E-state index is 9.63. The molecule has 0 bridgehead atoms. The minimum Gasteiger partial charge on any atom is -0.395 e. The van der Waals surface area contributed by atoms with Gasteiger partial charge in [0.15, 0.2) is 5.11 Å². The van der Waals surface area contributed by atoms with Gasteiger partial charge in [0.1, 0.15) is 0 Å². The predicted molar refractivity (Wildman–Crippen MR) is 122 cm³/mol. The minimum atomic E-state index is -0.0599. The van der Waals surface area contributed by atoms with Crippen LogP contribution in [0.3, 0.4) is 0 Å². The molecule has 2 atom stereocenters. The van der Waals surface area contributed by atoms with E-state index >= 15 is 0 Å². The highest BCUT2D eigenvalue weighted by atomic mass is 32.1. The van der Waals surface area contributed by atoms with Crippen LogP contribution in [0.4, 0.5) is 5.69 Å². The fourth-order valence-electron chi connectivity index (χ4n) is 4.48. The second-order valence-corrected chi connectivity index (χ2v) is 8.75. The number of aromatic nitrogens is 1. The lowest BCUT2D eigenvalue weighted by Crippen LogP contribution is -2.42. The Bertz CT molecular complexity index is 957. The third kappa shape index (κ3) is 3.40. The number of nitrogens with zero attached hydrogens (tertiary/aromatic N) is 3. The molecule has 2 unspecified atom stereocenters. The van der Waals surface area contributed by atoms with Crippen molar-refractivity contribution in [3.8, 4) is 0 Å². The fraction of sp³-hybridized carbons (Fsp3) is 0.391. The van der Waals surface area contributed by atoms with Gasteiger partial charge in [-0.1, -0.05) is 18.2 Å². The lowest BCUT2D eigenvalue weighted by Gasteiger charge is -2.41. The number of allylic oxidation sites excluding steroid dienone is 1. The van der Waals surface area contributed by atoms with Crippen molar-refractivity contribution in [1.29, 1.82) is 0 Å². The molecule has 2 aliphatic heterocycles. The Morgan fingerprint density at radius 3 is 2.72 bits per heavy atom. The Morgan fingerprint density at radius 2 is 2.03 bits per heavy atom. The molecule has 1 fully saturated rings. The first kappa shape index (κ1) is 19.9. The van der Waals surface area contributed by atoms with Crippen LogP contribution in [-0.2, 0) is 0 Å². The molecule has 3 heterocycles. The van der Waals surface area contributed by atoms with Crippen LogP contribution >= 0.6 is 12.2 Å². The first-order valence-corrected chi connectivity index (χ1v) is 10.4. The van der Waals surface area contributed by atoms with Crippen LogP contribution in [0.1, 0.15) is 49.7 Å². The smallest absolute Gasteiger partial charge is 0.170 e. The van der Waals surface area contributed by atoms with E-state index in [4.69, 9.17) is 12.2 Å². The maximum Gasteiger partial charge on any atom is 0.170 e. The number of β-amino-alcohol motifs (C(OH)–C–C–N with tert-alkyl or cyclic N) is 1. The number of benzene rings is 1. The zero-order chi connectivity index (χ0) is 20.8. The molecule has 1 saturated heterocycles. The van der Waals surface area contributed by atoms with Gasteiger partial charge in [-0.15, -0.1) is 0 Å². The van der Waals surface area contributed by atoms with E-state index in [9.17, 15) is 5.11 Å². The summed E-state index contributed by atoms with van der Waals surface area (Å²) in [6, 6.07) is 12.5. The number of aliphatic hydroxyl groups excluding tert-OH is 1. The number of aliphatic hydroxyl groups is 1. The van der Waals surface area contributed by atoms with Crippen LogP contribution in [0.15, 0.2) is 48.7 Å². The number of thiocarbonyl (C=S) groups is 1. The van der Waals surface area contributed by atoms with Crippen LogP contribution in [0.2, 0.25) is 0 Å². The maximum absolute atomic E-state index is 9.63. The third-order valence-electron chi connectivity index (χ3n) is 6.12. The van der Waals surface area contributed by atoms with Gasteiger partial charge in [-0.2, -0.15) is 0 Å². The summed E-state index contributed by atoms with van der Waals surface area (Å²) in [5, 5.41) is 13.7. The summed E-state index contributed by atoms with van der Waals surface area (Å²) < 4.78 is 0. The molecule has 1 aromatic heterocycles. The molecule has 0 amide bonds. The average Bonchev–Trinajstić information content (AvgIpc) is 3.03. The predicted octanol–water partition coefficient (Wildman–Crippen LogP) is 3.68. The largest absolute Gasteiger partial charge is 0.395 e. The van der Waals surface area contributed by atoms with E-state index in [0.717, 1.165) is 5.69 Å². The summed E-state index contributed by atoms with van der Waals surface area (Å²) in [7, 11) is 2.14. The van der Waals surface area contributed by atoms with Gasteiger partial charge in [0.2, 0.25) is 0 Å². The molecule has 2 N–H and O–H groups in total. The molecule has 0 spiro atoms. The van der Waals surface area contributed by atoms with E-state index < -0.39 is 0 Å². The molecule has 4 rings (SSSR count). The highest BCUT2D eigenvalue weighted by Gasteiger charge is 2.40. The standard InChI is InChI=1S/C23H28N4OS/c1-15-14-23(2,3)26(4)19-9-8-16(13-17(15)19)21-20(18-7-5-6-10-24-18)25-22(29)27(21)11-12-28/h5-10,13-14,20-21,28H,11-12H2,1-4H3,(H,25,29). The normalized spacial score (nSPS) is 22.9. The van der Waals surface area contributed by atoms with Crippen molar-refractivity contribution >= 4 is 28.6 Å². The second-order valence-electron chi connectivity index (χ2n) is 8.36. The Hall–Kier alpha value is -2.44. The first-order valence-electron chi connectivity index (χ1n) is 10.00. The van der Waals surface area contributed by atoms with Crippen molar-refractivity contribution < 1.29 is 5.11 Å². The Labute approximate surface area is 178 Å². The number of fused-ring (bicyclic) bond motifs is 1. The van der Waals surface area contributed by atoms with Gasteiger partial charge in [-0.25, -0.2) is 0 Å². The number of hydrogen-bond donors (Lipinski definition) is 2. The number of nitrogens with one attached hydrogen (secondary N) is 1. The SMILES string of the molecule is CC1=CC(C)(C)N(C)c2ccc(C3C(c4ccccn4)NC(=S)N3CCO)cc21. The fourth-order valence-corrected chi connectivity index (χ4v) is 4.81. The summed E-state index contributed by atoms with van der Waals surface area (Å²) in [6.45, 7) is 7.17. The monoisotopic (exact) mass is 408 g/mol. The molecule has 0 saturated carbocycles. The highest BCUT2D eigenvalue weighted by Crippen LogP contribution is 2.43. The van der Waals surface area contributed by atoms with Gasteiger partial charge >= 0.3 is 0 Å². The molecular weight excluding hydrogens is 380 g/mol. The Balaban J connectivity index is 1.80. The van der Waals surface area contributed by atoms with Gasteiger partial charge in [0.05, 0.1) is 29.9 Å². The molecule has 5 nitrogen and oxygen atoms in total. The van der Waals surface area contributed by atoms with E-state index in [0.29, 0.717) is 11.7 Å². The number of pyridine rings is 1. The molecule has 0 aliphatic carbocycles. The lowest BCUT2D eigenvalue weighted by atomic mass is 9.86. The average molecular weight is 409 g/mol. The molecular formula is C23H28N4OS. The van der Waals surface area contributed by atoms with Crippen LogP contribution in [0, 0.1) is 0 Å². The molecule has 2 aromatic rings. The van der Waals surface area contributed by atoms with Crippen molar-refractivity contribution in [2.75, 3.05) is 25.1 Å². The zero-order valence-electron chi connectivity index (χ0n) is 17.4. The second kappa shape index (κ2) is 7.43. The number of hydrogen-bond acceptors (Lipinski definition) is 4. The van der Waals surface area contributed by atoms with Gasteiger partial charge in [0.25, 0.3) is 0 Å². The van der Waals surface area contributed by atoms with Crippen molar-refractivity contribution in [2.45, 2.75) is 38.4 Å². The van der Waals surface area contributed by atoms with Gasteiger partial charge in [0, 0.05) is 31.0 Å². The topological polar surface area (TPSA) is 51.6 Å². The summed E-state index contributed by atoms with van der Waals surface area (Å²) >= 11 is 5.61. The third-order valence-corrected chi connectivity index (χ3v) is 6.47. The molecule has 29 heavy (non-hydrogen) atoms. The van der Waals surface area contributed by atoms with Crippen molar-refractivity contribution in [3.05, 3.63) is 65.5 Å². The van der Waals surface area contributed by atoms with Crippen molar-refractivity contribution in [2.24, 2.45) is 0 Å². The molecule has 6 heteroatoms. The Morgan fingerprint density at radius 1 is 1.24 bits per heavy atom. The number of rotatable bonds is 4. The summed E-state index contributed by atoms with van der Waals surface area (Å²) in [6.07, 6.45) is 4.13. The van der Waals surface area contributed by atoms with E-state index in [-0.39, 0.29) is 24.2 Å². The molecule has 2 aliphatic rings. The van der Waals surface area contributed by atoms with Crippen LogP contribution < -0.4 is 10.2 Å². The summed E-state index contributed by atoms with van der Waals surface area (Å²) in [4.78, 5) is 8.96. The first-order chi connectivity index (χ1) is 13.8. The quantitative estimate of drug-likeness (QED) is 0.753. The summed E-state index contributed by atoms with van der Waals surface area (Å²) in [5.41, 5.74) is 5.85. The molecule has 152 valence electrons. The summed E-state index contributed by atoms with van der Waals surface area (Å²) in [5.74, 6) is 0. The van der Waals surface area contributed by atoms with Crippen LogP contribution in [-0.4, -0.2) is 45.8 Å². The number of likely N-dealkylation sites (N-methyl/N-ethyl adjacent to an activating group) is 1. The van der Waals surface area contributed by atoms with Gasteiger partial charge < -0.3 is 20.2 Å². The van der Waals surface area contributed by atoms with Gasteiger partial charge in [-0.3, -0.25) is 4.98 Å². The van der Waals surface area contributed by atoms with Crippen molar-refractivity contribution in [1.82, 2.24) is 15.2 Å². The van der Waals surface area contributed by atoms with Crippen molar-refractivity contribution in [3.63, 3.8) is 0 Å². The molecule has 0 radical (unpaired) electrons. The van der Waals surface area contributed by atoms with Crippen LogP contribution in [0.5, 0.6) is 0 Å². The van der Waals surface area contributed by atoms with E-state index in [2.05, 4.69) is 72.2 Å². The molecule has 1 aromatic carbocycles. The minimum absolute atomic E-state index is 0.0193. The van der Waals surface area contributed by atoms with E-state index in [1.807, 2.05) is 24.4 Å². The van der Waals surface area contributed by atoms with E-state index in [1.165, 1.54) is 22.4 Å². The van der Waals surface area contributed by atoms with Crippen LogP contribution in [0.25, 0.3) is 5.57 Å². The lowest BCUT2D eigenvalue weighted by molar-refractivity contribution is 0.223. The zero-order valence-corrected chi connectivity index (χ0v) is 18.2. The highest BCUT2D eigenvalue weighted by molar-refractivity contribution is 7.80.